The third-order valence-corrected chi connectivity index (χ3v) is 22.1. The molecule has 0 N–H and O–H groups in total. The van der Waals surface area contributed by atoms with E-state index in [1.165, 1.54) is 156 Å². The fourth-order valence-electron chi connectivity index (χ4n) is 14.5. The maximum absolute atomic E-state index is 4.46. The highest BCUT2D eigenvalue weighted by Crippen LogP contribution is 2.34. The molecule has 0 saturated heterocycles. The van der Waals surface area contributed by atoms with Crippen molar-refractivity contribution >= 4 is 0 Å². The van der Waals surface area contributed by atoms with Gasteiger partial charge in [0.25, 0.3) is 0 Å². The first-order valence-corrected chi connectivity index (χ1v) is 42.6. The lowest BCUT2D eigenvalue weighted by Gasteiger charge is -2.11. The second-order valence-electron chi connectivity index (χ2n) is 34.1. The molecule has 9 aromatic carbocycles. The van der Waals surface area contributed by atoms with Crippen molar-refractivity contribution in [1.29, 1.82) is 0 Å². The van der Waals surface area contributed by atoms with Gasteiger partial charge >= 0.3 is 0 Å². The van der Waals surface area contributed by atoms with Crippen LogP contribution in [0.5, 0.6) is 0 Å². The molecule has 0 saturated carbocycles. The van der Waals surface area contributed by atoms with Gasteiger partial charge in [0, 0.05) is 92.3 Å². The predicted octanol–water partition coefficient (Wildman–Crippen LogP) is 30.1. The van der Waals surface area contributed by atoms with Crippen LogP contribution in [0.2, 0.25) is 0 Å². The molecule has 8 nitrogen and oxygen atoms in total. The van der Waals surface area contributed by atoms with Gasteiger partial charge in [0.1, 0.15) is 0 Å². The Balaban J connectivity index is 0.000000170. The van der Waals surface area contributed by atoms with Crippen LogP contribution in [-0.4, -0.2) is 38.7 Å². The molecule has 8 heteroatoms. The third kappa shape index (κ3) is 26.0. The number of hydrogen-bond acceptors (Lipinski definition) is 4. The summed E-state index contributed by atoms with van der Waals surface area (Å²) in [5.41, 5.74) is 40.5. The van der Waals surface area contributed by atoms with E-state index in [-0.39, 0.29) is 0 Å². The topological polar surface area (TPSA) is 71.3 Å². The molecule has 0 unspecified atom stereocenters. The minimum Gasteiger partial charge on any atom is -0.351 e. The van der Waals surface area contributed by atoms with Crippen molar-refractivity contribution in [3.05, 3.63) is 344 Å². The summed E-state index contributed by atoms with van der Waals surface area (Å²) >= 11 is 0. The van der Waals surface area contributed by atoms with Gasteiger partial charge in [-0.1, -0.05) is 285 Å². The maximum atomic E-state index is 4.46. The summed E-state index contributed by atoms with van der Waals surface area (Å²) in [6, 6.07) is 75.2. The first kappa shape index (κ1) is 91.6. The number of aryl methyl sites for hydroxylation is 14. The molecule has 14 rings (SSSR count). The van der Waals surface area contributed by atoms with Gasteiger partial charge in [0.05, 0.1) is 23.9 Å². The fraction of sp³-hybridized carbons (Fsp3) is 0.339. The molecule has 117 heavy (non-hydrogen) atoms. The molecule has 0 fully saturated rings. The zero-order valence-corrected chi connectivity index (χ0v) is 76.2. The van der Waals surface area contributed by atoms with Gasteiger partial charge in [-0.2, -0.15) is 10.2 Å². The average Bonchev–Trinajstić information content (AvgIpc) is 1.80. The van der Waals surface area contributed by atoms with Crippen LogP contribution in [0.15, 0.2) is 250 Å². The van der Waals surface area contributed by atoms with Crippen molar-refractivity contribution in [2.45, 2.75) is 227 Å². The van der Waals surface area contributed by atoms with Gasteiger partial charge in [-0.3, -0.25) is 14.3 Å². The Labute approximate surface area is 705 Å². The molecule has 0 amide bonds. The summed E-state index contributed by atoms with van der Waals surface area (Å²) in [6.07, 6.45) is 15.0. The number of pyridine rings is 1. The normalized spacial score (nSPS) is 11.0. The summed E-state index contributed by atoms with van der Waals surface area (Å²) in [5, 5.41) is 8.64. The van der Waals surface area contributed by atoms with Crippen LogP contribution in [0.3, 0.4) is 0 Å². The molecule has 5 aromatic heterocycles. The molecular weight excluding hydrogens is 1420 g/mol. The lowest BCUT2D eigenvalue weighted by Crippen LogP contribution is -1.94. The van der Waals surface area contributed by atoms with E-state index in [2.05, 4.69) is 427 Å². The fourth-order valence-corrected chi connectivity index (χ4v) is 14.5. The summed E-state index contributed by atoms with van der Waals surface area (Å²) in [6.45, 7) is 55.9. The molecule has 0 atom stereocenters. The molecule has 0 aliphatic rings. The van der Waals surface area contributed by atoms with Crippen molar-refractivity contribution < 1.29 is 0 Å². The van der Waals surface area contributed by atoms with E-state index in [1.54, 1.807) is 0 Å². The highest BCUT2D eigenvalue weighted by atomic mass is 15.2. The maximum Gasteiger partial charge on any atom is 0.0953 e. The van der Waals surface area contributed by atoms with Gasteiger partial charge in [-0.25, -0.2) is 4.98 Å². The molecule has 0 radical (unpaired) electrons. The Morgan fingerprint density at radius 3 is 1.04 bits per heavy atom. The Bertz CT molecular complexity index is 5270. The van der Waals surface area contributed by atoms with E-state index in [0.717, 1.165) is 30.0 Å². The monoisotopic (exact) mass is 1560 g/mol. The number of nitrogens with zero attached hydrogens (tertiary/aromatic N) is 8. The smallest absolute Gasteiger partial charge is 0.0953 e. The Kier molecular flexibility index (Phi) is 33.9. The zero-order valence-electron chi connectivity index (χ0n) is 76.2. The van der Waals surface area contributed by atoms with Crippen molar-refractivity contribution in [1.82, 2.24) is 38.7 Å². The quantitative estimate of drug-likeness (QED) is 0.0966. The highest BCUT2D eigenvalue weighted by molar-refractivity contribution is 5.72. The minimum absolute atomic E-state index is 0.580. The molecule has 0 spiro atoms. The van der Waals surface area contributed by atoms with E-state index in [1.807, 2.05) is 55.3 Å². The first-order valence-electron chi connectivity index (χ1n) is 42.6. The number of hydrogen-bond donors (Lipinski definition) is 0. The number of benzene rings is 9. The SMILES string of the molecule is CCc1ccc(-c2ccc(C(C)C)cc2C)cc1.CCn1cnc(-c2ccc(C(C)C)cc2C)c1.Cc1cc(-c2ccc(C(C)C)cc2C)ccn1.Cc1cc(C(C)C)ccc1-c1cccn1C.Cc1cc(C(C)C)ccc1-c1ccn(C)n1.Cc1cc(C(C)C)ccc1-c1cnn(C)c1.Cc1cccc(-c2ccc(C(C)C)cc2C)c1. The molecular formula is C109H136N8. The van der Waals surface area contributed by atoms with Crippen molar-refractivity contribution in [2.24, 2.45) is 21.1 Å². The van der Waals surface area contributed by atoms with Crippen LogP contribution in [-0.2, 0) is 34.1 Å². The Morgan fingerprint density at radius 2 is 0.709 bits per heavy atom. The highest BCUT2D eigenvalue weighted by Gasteiger charge is 2.14. The molecule has 5 heterocycles. The van der Waals surface area contributed by atoms with Crippen LogP contribution in [0, 0.1) is 62.3 Å². The summed E-state index contributed by atoms with van der Waals surface area (Å²) in [4.78, 5) is 8.70. The summed E-state index contributed by atoms with van der Waals surface area (Å²) in [5.74, 6) is 4.12. The van der Waals surface area contributed by atoms with E-state index in [4.69, 9.17) is 0 Å². The Hall–Kier alpha value is -11.0. The van der Waals surface area contributed by atoms with Gasteiger partial charge in [-0.15, -0.1) is 0 Å². The van der Waals surface area contributed by atoms with Gasteiger partial charge in [-0.05, 0) is 270 Å². The van der Waals surface area contributed by atoms with Gasteiger partial charge < -0.3 is 9.13 Å². The van der Waals surface area contributed by atoms with Gasteiger partial charge in [0.15, 0.2) is 0 Å². The van der Waals surface area contributed by atoms with E-state index >= 15 is 0 Å². The first-order chi connectivity index (χ1) is 55.6. The van der Waals surface area contributed by atoms with Crippen molar-refractivity contribution in [2.75, 3.05) is 0 Å². The van der Waals surface area contributed by atoms with Crippen molar-refractivity contribution in [3.8, 4) is 78.3 Å². The van der Waals surface area contributed by atoms with Crippen molar-refractivity contribution in [3.63, 3.8) is 0 Å². The molecule has 0 aliphatic carbocycles. The molecule has 0 aliphatic heterocycles. The number of aromatic nitrogens is 8. The summed E-state index contributed by atoms with van der Waals surface area (Å²) < 4.78 is 7.94. The Morgan fingerprint density at radius 1 is 0.316 bits per heavy atom. The van der Waals surface area contributed by atoms with Gasteiger partial charge in [0.2, 0.25) is 0 Å². The molecule has 14 aromatic rings. The molecule has 612 valence electrons. The van der Waals surface area contributed by atoms with Crippen LogP contribution in [0.4, 0.5) is 0 Å². The van der Waals surface area contributed by atoms with E-state index in [0.29, 0.717) is 41.4 Å². The van der Waals surface area contributed by atoms with Crippen LogP contribution in [0.1, 0.15) is 247 Å². The van der Waals surface area contributed by atoms with E-state index in [9.17, 15) is 0 Å². The lowest BCUT2D eigenvalue weighted by molar-refractivity contribution is 0.762. The van der Waals surface area contributed by atoms with Crippen LogP contribution >= 0.6 is 0 Å². The zero-order chi connectivity index (χ0) is 85.5. The largest absolute Gasteiger partial charge is 0.351 e. The second kappa shape index (κ2) is 43.3. The third-order valence-electron chi connectivity index (χ3n) is 22.1. The van der Waals surface area contributed by atoms with Crippen LogP contribution in [0.25, 0.3) is 78.3 Å². The van der Waals surface area contributed by atoms with E-state index < -0.39 is 0 Å². The number of rotatable bonds is 16. The molecule has 0 bridgehead atoms. The second-order valence-corrected chi connectivity index (χ2v) is 34.1. The minimum atomic E-state index is 0.580. The predicted molar refractivity (Wildman–Crippen MR) is 506 cm³/mol. The number of imidazole rings is 1. The summed E-state index contributed by atoms with van der Waals surface area (Å²) in [7, 11) is 5.98. The lowest BCUT2D eigenvalue weighted by atomic mass is 9.94. The average molecular weight is 1560 g/mol. The van der Waals surface area contributed by atoms with Crippen LogP contribution < -0.4 is 0 Å². The standard InChI is InChI=1S/C18H22.C17H20.C16H19N.C15H20N2.C15H19N.2C14H18N2/c1-5-15-6-8-16(9-7-15)18-11-10-17(13(2)3)12-14(18)4;1-12(2)15-8-9-17(14(4)11-15)16-7-5-6-13(3)10-16;1-11(2)14-5-6-16(12(3)9-14)15-7-8-17-13(4)10-15;1-5-17-9-15(16-10-17)14-7-6-13(11(2)3)8-12(14)4;1-11(2)13-7-8-14(12(3)10-13)15-6-5-9-16(15)4;1-10(2)12-5-6-14(11(3)7-12)13-8-15-16(4)9-13;1-10(2)12-5-6-13(11(3)9-12)14-7-8-16(4)15-14/h6-13H,5H2,1-4H3;5-12H,1-4H3;5-11H,1-4H3;6-11H,5H2,1-4H3;5-11H,1-4H3;2*5-10H,1-4H3.